The van der Waals surface area contributed by atoms with Crippen molar-refractivity contribution in [3.63, 3.8) is 0 Å². The number of pyridine rings is 1. The van der Waals surface area contributed by atoms with Gasteiger partial charge in [0.25, 0.3) is 5.91 Å². The SMILES string of the molecule is C=C/C=C(\C=C(/C)F)NC(=O)c1cnc2c(c1)C(c1ccc3ncnc(N4CCN(C)CC4)c3c1)=CCN2. The predicted molar refractivity (Wildman–Crippen MR) is 150 cm³/mol. The molecular weight excluding hydrogens is 481 g/mol. The molecule has 8 nitrogen and oxygen atoms in total. The number of amides is 1. The van der Waals surface area contributed by atoms with E-state index in [1.54, 1.807) is 12.4 Å². The minimum absolute atomic E-state index is 0.308. The Morgan fingerprint density at radius 2 is 1.97 bits per heavy atom. The Morgan fingerprint density at radius 3 is 2.74 bits per heavy atom. The average Bonchev–Trinajstić information content (AvgIpc) is 2.92. The highest BCUT2D eigenvalue weighted by Crippen LogP contribution is 2.34. The third-order valence-corrected chi connectivity index (χ3v) is 6.65. The standard InChI is InChI=1S/C29H30FN7O/c1-4-5-22(14-19(2)30)35-29(38)21-16-24-23(8-9-31-27(24)32-17-21)20-6-7-26-25(15-20)28(34-18-33-26)37-12-10-36(3)11-13-37/h4-8,14-18H,1,9-13H2,2-3H3,(H,31,32)(H,35,38)/b19-14+,22-5+. The zero-order chi connectivity index (χ0) is 26.6. The normalized spacial score (nSPS) is 16.5. The Balaban J connectivity index is 1.49. The number of rotatable bonds is 6. The second kappa shape index (κ2) is 10.9. The van der Waals surface area contributed by atoms with Crippen LogP contribution in [-0.4, -0.2) is 65.5 Å². The number of piperazine rings is 1. The molecule has 0 radical (unpaired) electrons. The summed E-state index contributed by atoms with van der Waals surface area (Å²) in [7, 11) is 2.13. The number of likely N-dealkylation sites (N-methyl/N-ethyl adjacent to an activating group) is 1. The molecule has 1 fully saturated rings. The van der Waals surface area contributed by atoms with Gasteiger partial charge >= 0.3 is 0 Å². The number of halogens is 1. The third kappa shape index (κ3) is 5.33. The van der Waals surface area contributed by atoms with E-state index in [1.165, 1.54) is 31.3 Å². The van der Waals surface area contributed by atoms with Crippen LogP contribution in [0.15, 0.2) is 79.2 Å². The Hall–Kier alpha value is -4.37. The maximum absolute atomic E-state index is 13.5. The smallest absolute Gasteiger partial charge is 0.257 e. The van der Waals surface area contributed by atoms with Crippen LogP contribution >= 0.6 is 0 Å². The predicted octanol–water partition coefficient (Wildman–Crippen LogP) is 4.31. The second-order valence-electron chi connectivity index (χ2n) is 9.38. The summed E-state index contributed by atoms with van der Waals surface area (Å²) in [5.41, 5.74) is 4.33. The molecule has 2 aromatic heterocycles. The molecule has 0 aliphatic carbocycles. The molecule has 1 amide bonds. The van der Waals surface area contributed by atoms with Crippen molar-refractivity contribution >= 4 is 34.0 Å². The molecule has 0 unspecified atom stereocenters. The number of aromatic nitrogens is 3. The van der Waals surface area contributed by atoms with Crippen LogP contribution in [0.1, 0.15) is 28.4 Å². The lowest BCUT2D eigenvalue weighted by Crippen LogP contribution is -2.44. The van der Waals surface area contributed by atoms with Crippen molar-refractivity contribution in [1.82, 2.24) is 25.2 Å². The Bertz CT molecular complexity index is 1480. The number of carbonyl (C=O) groups is 1. The van der Waals surface area contributed by atoms with Crippen molar-refractivity contribution in [2.45, 2.75) is 6.92 Å². The van der Waals surface area contributed by atoms with Gasteiger partial charge in [0.15, 0.2) is 0 Å². The maximum atomic E-state index is 13.5. The molecule has 4 heterocycles. The molecule has 0 saturated carbocycles. The first-order valence-corrected chi connectivity index (χ1v) is 12.5. The monoisotopic (exact) mass is 511 g/mol. The van der Waals surface area contributed by atoms with E-state index in [1.807, 2.05) is 12.1 Å². The van der Waals surface area contributed by atoms with Crippen molar-refractivity contribution in [2.24, 2.45) is 0 Å². The first-order chi connectivity index (χ1) is 18.4. The van der Waals surface area contributed by atoms with Crippen molar-refractivity contribution in [3.8, 4) is 0 Å². The summed E-state index contributed by atoms with van der Waals surface area (Å²) in [5.74, 6) is 0.820. The number of allylic oxidation sites excluding steroid dienone is 4. The van der Waals surface area contributed by atoms with Gasteiger partial charge in [-0.05, 0) is 55.5 Å². The van der Waals surface area contributed by atoms with E-state index in [0.717, 1.165) is 59.6 Å². The molecule has 5 rings (SSSR count). The average molecular weight is 512 g/mol. The molecule has 1 saturated heterocycles. The highest BCUT2D eigenvalue weighted by atomic mass is 19.1. The minimum atomic E-state index is -0.424. The van der Waals surface area contributed by atoms with Gasteiger partial charge in [0.2, 0.25) is 0 Å². The minimum Gasteiger partial charge on any atom is -0.366 e. The summed E-state index contributed by atoms with van der Waals surface area (Å²) in [4.78, 5) is 31.3. The molecule has 2 N–H and O–H groups in total. The summed E-state index contributed by atoms with van der Waals surface area (Å²) in [6.45, 7) is 9.34. The Morgan fingerprint density at radius 1 is 1.16 bits per heavy atom. The number of anilines is 2. The van der Waals surface area contributed by atoms with E-state index in [4.69, 9.17) is 0 Å². The second-order valence-corrected chi connectivity index (χ2v) is 9.38. The van der Waals surface area contributed by atoms with Gasteiger partial charge in [0, 0.05) is 55.6 Å². The largest absolute Gasteiger partial charge is 0.366 e. The molecule has 1 aromatic carbocycles. The van der Waals surface area contributed by atoms with E-state index < -0.39 is 5.83 Å². The lowest BCUT2D eigenvalue weighted by Gasteiger charge is -2.33. The molecule has 2 aliphatic rings. The molecule has 3 aromatic rings. The number of benzene rings is 1. The zero-order valence-corrected chi connectivity index (χ0v) is 21.5. The van der Waals surface area contributed by atoms with Gasteiger partial charge in [-0.15, -0.1) is 0 Å². The number of nitrogens with zero attached hydrogens (tertiary/aromatic N) is 5. The van der Waals surface area contributed by atoms with E-state index in [9.17, 15) is 9.18 Å². The van der Waals surface area contributed by atoms with Crippen LogP contribution in [0.4, 0.5) is 16.0 Å². The number of hydrogen-bond acceptors (Lipinski definition) is 7. The van der Waals surface area contributed by atoms with Gasteiger partial charge < -0.3 is 20.4 Å². The fourth-order valence-corrected chi connectivity index (χ4v) is 4.72. The van der Waals surface area contributed by atoms with Crippen molar-refractivity contribution in [2.75, 3.05) is 50.0 Å². The van der Waals surface area contributed by atoms with Crippen LogP contribution in [0.25, 0.3) is 16.5 Å². The van der Waals surface area contributed by atoms with Crippen LogP contribution in [0.2, 0.25) is 0 Å². The zero-order valence-electron chi connectivity index (χ0n) is 21.5. The lowest BCUT2D eigenvalue weighted by atomic mass is 9.93. The Labute approximate surface area is 221 Å². The van der Waals surface area contributed by atoms with Crippen molar-refractivity contribution in [3.05, 3.63) is 95.9 Å². The number of hydrogen-bond donors (Lipinski definition) is 2. The fourth-order valence-electron chi connectivity index (χ4n) is 4.72. The molecule has 194 valence electrons. The van der Waals surface area contributed by atoms with Gasteiger partial charge in [0.1, 0.15) is 18.0 Å². The van der Waals surface area contributed by atoms with E-state index in [-0.39, 0.29) is 5.91 Å². The summed E-state index contributed by atoms with van der Waals surface area (Å²) < 4.78 is 13.5. The number of carbonyl (C=O) groups excluding carboxylic acids is 1. The van der Waals surface area contributed by atoms with Crippen molar-refractivity contribution < 1.29 is 9.18 Å². The molecule has 38 heavy (non-hydrogen) atoms. The summed E-state index contributed by atoms with van der Waals surface area (Å²) in [6.07, 6.45) is 9.50. The van der Waals surface area contributed by atoms with E-state index in [2.05, 4.69) is 61.2 Å². The quantitative estimate of drug-likeness (QED) is 0.477. The summed E-state index contributed by atoms with van der Waals surface area (Å²) in [5, 5.41) is 7.00. The molecule has 0 atom stereocenters. The molecule has 2 aliphatic heterocycles. The first-order valence-electron chi connectivity index (χ1n) is 12.5. The fraction of sp³-hybridized carbons (Fsp3) is 0.241. The van der Waals surface area contributed by atoms with Crippen LogP contribution in [0.5, 0.6) is 0 Å². The first kappa shape index (κ1) is 25.3. The van der Waals surface area contributed by atoms with Gasteiger partial charge in [-0.1, -0.05) is 24.8 Å². The molecule has 0 bridgehead atoms. The van der Waals surface area contributed by atoms with Crippen LogP contribution < -0.4 is 15.5 Å². The van der Waals surface area contributed by atoms with Crippen LogP contribution in [-0.2, 0) is 0 Å². The molecular formula is C29H30FN7O. The number of nitrogens with one attached hydrogen (secondary N) is 2. The third-order valence-electron chi connectivity index (χ3n) is 6.65. The summed E-state index contributed by atoms with van der Waals surface area (Å²) in [6, 6.07) is 7.98. The van der Waals surface area contributed by atoms with Crippen LogP contribution in [0, 0.1) is 0 Å². The van der Waals surface area contributed by atoms with Gasteiger partial charge in [0.05, 0.1) is 16.9 Å². The number of fused-ring (bicyclic) bond motifs is 2. The maximum Gasteiger partial charge on any atom is 0.257 e. The van der Waals surface area contributed by atoms with E-state index >= 15 is 0 Å². The topological polar surface area (TPSA) is 86.3 Å². The van der Waals surface area contributed by atoms with Gasteiger partial charge in [-0.2, -0.15) is 0 Å². The van der Waals surface area contributed by atoms with Crippen molar-refractivity contribution in [1.29, 1.82) is 0 Å². The highest BCUT2D eigenvalue weighted by molar-refractivity contribution is 5.99. The van der Waals surface area contributed by atoms with Gasteiger partial charge in [-0.3, -0.25) is 4.79 Å². The molecule has 9 heteroatoms. The lowest BCUT2D eigenvalue weighted by molar-refractivity contribution is 0.0967. The highest BCUT2D eigenvalue weighted by Gasteiger charge is 2.21. The molecule has 0 spiro atoms. The summed E-state index contributed by atoms with van der Waals surface area (Å²) >= 11 is 0. The Kier molecular flexibility index (Phi) is 7.28. The van der Waals surface area contributed by atoms with Crippen LogP contribution in [0.3, 0.4) is 0 Å². The van der Waals surface area contributed by atoms with Gasteiger partial charge in [-0.25, -0.2) is 19.3 Å². The van der Waals surface area contributed by atoms with E-state index in [0.29, 0.717) is 23.6 Å².